The lowest BCUT2D eigenvalue weighted by Gasteiger charge is -2.35. The summed E-state index contributed by atoms with van der Waals surface area (Å²) in [6.07, 6.45) is 5.03. The molecular formula is C22H20N6O. The molecule has 3 aromatic rings. The molecule has 144 valence electrons. The average Bonchev–Trinajstić information content (AvgIpc) is 2.79. The zero-order valence-corrected chi connectivity index (χ0v) is 15.8. The summed E-state index contributed by atoms with van der Waals surface area (Å²) in [4.78, 5) is 25.5. The molecular weight excluding hydrogens is 364 g/mol. The van der Waals surface area contributed by atoms with Crippen molar-refractivity contribution >= 4 is 23.1 Å². The smallest absolute Gasteiger partial charge is 0.255 e. The van der Waals surface area contributed by atoms with E-state index in [1.165, 1.54) is 0 Å². The summed E-state index contributed by atoms with van der Waals surface area (Å²) in [7, 11) is 0. The first-order valence-corrected chi connectivity index (χ1v) is 9.40. The fraction of sp³-hybridized carbons (Fsp3) is 0.182. The molecule has 1 aliphatic rings. The number of pyridine rings is 2. The second-order valence-electron chi connectivity index (χ2n) is 6.75. The van der Waals surface area contributed by atoms with Crippen molar-refractivity contribution in [2.45, 2.75) is 0 Å². The van der Waals surface area contributed by atoms with Gasteiger partial charge in [-0.25, -0.2) is 4.98 Å². The molecule has 0 atom stereocenters. The number of hydrogen-bond donors (Lipinski definition) is 1. The van der Waals surface area contributed by atoms with Gasteiger partial charge in [0.25, 0.3) is 5.91 Å². The van der Waals surface area contributed by atoms with Crippen LogP contribution in [-0.4, -0.2) is 47.0 Å². The molecule has 7 heteroatoms. The van der Waals surface area contributed by atoms with Gasteiger partial charge < -0.3 is 15.1 Å². The van der Waals surface area contributed by atoms with Crippen LogP contribution in [0.3, 0.4) is 0 Å². The Morgan fingerprint density at radius 2 is 1.86 bits per heavy atom. The van der Waals surface area contributed by atoms with E-state index in [1.807, 2.05) is 35.2 Å². The van der Waals surface area contributed by atoms with Crippen molar-refractivity contribution in [2.24, 2.45) is 0 Å². The van der Waals surface area contributed by atoms with Crippen molar-refractivity contribution in [1.82, 2.24) is 14.9 Å². The summed E-state index contributed by atoms with van der Waals surface area (Å²) >= 11 is 0. The van der Waals surface area contributed by atoms with Crippen LogP contribution in [0, 0.1) is 11.3 Å². The number of benzene rings is 1. The van der Waals surface area contributed by atoms with E-state index in [-0.39, 0.29) is 5.91 Å². The van der Waals surface area contributed by atoms with Crippen LogP contribution in [0.15, 0.2) is 67.1 Å². The third-order valence-corrected chi connectivity index (χ3v) is 4.81. The van der Waals surface area contributed by atoms with Crippen molar-refractivity contribution in [3.05, 3.63) is 78.2 Å². The molecule has 1 aromatic carbocycles. The van der Waals surface area contributed by atoms with E-state index < -0.39 is 0 Å². The van der Waals surface area contributed by atoms with Gasteiger partial charge in [0.15, 0.2) is 0 Å². The molecule has 1 N–H and O–H groups in total. The maximum atomic E-state index is 12.9. The number of anilines is 3. The second-order valence-corrected chi connectivity index (χ2v) is 6.75. The van der Waals surface area contributed by atoms with E-state index in [9.17, 15) is 4.79 Å². The van der Waals surface area contributed by atoms with Crippen molar-refractivity contribution in [3.8, 4) is 6.07 Å². The lowest BCUT2D eigenvalue weighted by Crippen LogP contribution is -2.49. The minimum Gasteiger partial charge on any atom is -0.354 e. The zero-order chi connectivity index (χ0) is 20.1. The van der Waals surface area contributed by atoms with Crippen LogP contribution < -0.4 is 10.2 Å². The van der Waals surface area contributed by atoms with Gasteiger partial charge in [-0.1, -0.05) is 12.1 Å². The normalized spacial score (nSPS) is 13.6. The molecule has 2 aromatic heterocycles. The van der Waals surface area contributed by atoms with E-state index >= 15 is 0 Å². The SMILES string of the molecule is N#Cc1cccc(Nc2cncc(C(=O)N3CCN(c4ccccn4)CC3)c2)c1. The molecule has 1 fully saturated rings. The van der Waals surface area contributed by atoms with Crippen LogP contribution in [0.4, 0.5) is 17.2 Å². The van der Waals surface area contributed by atoms with E-state index in [0.29, 0.717) is 29.9 Å². The first kappa shape index (κ1) is 18.4. The minimum absolute atomic E-state index is 0.0346. The van der Waals surface area contributed by atoms with Crippen molar-refractivity contribution in [1.29, 1.82) is 5.26 Å². The van der Waals surface area contributed by atoms with Gasteiger partial charge in [-0.05, 0) is 36.4 Å². The Kier molecular flexibility index (Phi) is 5.34. The highest BCUT2D eigenvalue weighted by molar-refractivity contribution is 5.95. The third-order valence-electron chi connectivity index (χ3n) is 4.81. The van der Waals surface area contributed by atoms with E-state index in [0.717, 1.165) is 24.6 Å². The van der Waals surface area contributed by atoms with Gasteiger partial charge in [-0.2, -0.15) is 5.26 Å². The molecule has 0 radical (unpaired) electrons. The number of hydrogen-bond acceptors (Lipinski definition) is 6. The monoisotopic (exact) mass is 384 g/mol. The van der Waals surface area contributed by atoms with Gasteiger partial charge in [-0.3, -0.25) is 9.78 Å². The molecule has 0 saturated carbocycles. The van der Waals surface area contributed by atoms with Crippen LogP contribution in [0.1, 0.15) is 15.9 Å². The maximum absolute atomic E-state index is 12.9. The third kappa shape index (κ3) is 4.33. The second kappa shape index (κ2) is 8.40. The van der Waals surface area contributed by atoms with Gasteiger partial charge >= 0.3 is 0 Å². The molecule has 7 nitrogen and oxygen atoms in total. The largest absolute Gasteiger partial charge is 0.354 e. The number of nitrogens with one attached hydrogen (secondary N) is 1. The minimum atomic E-state index is -0.0346. The molecule has 3 heterocycles. The summed E-state index contributed by atoms with van der Waals surface area (Å²) in [5, 5.41) is 12.2. The Labute approximate surface area is 169 Å². The lowest BCUT2D eigenvalue weighted by atomic mass is 10.2. The van der Waals surface area contributed by atoms with Crippen LogP contribution in [0.5, 0.6) is 0 Å². The van der Waals surface area contributed by atoms with E-state index in [2.05, 4.69) is 26.3 Å². The van der Waals surface area contributed by atoms with Gasteiger partial charge in [0.2, 0.25) is 0 Å². The first-order valence-electron chi connectivity index (χ1n) is 9.40. The summed E-state index contributed by atoms with van der Waals surface area (Å²) in [6, 6.07) is 16.9. The molecule has 0 aliphatic carbocycles. The van der Waals surface area contributed by atoms with E-state index in [1.54, 1.807) is 36.8 Å². The predicted molar refractivity (Wildman–Crippen MR) is 111 cm³/mol. The summed E-state index contributed by atoms with van der Waals surface area (Å²) in [5.74, 6) is 0.902. The van der Waals surface area contributed by atoms with E-state index in [4.69, 9.17) is 5.26 Å². The number of nitriles is 1. The number of amides is 1. The Morgan fingerprint density at radius 1 is 1.00 bits per heavy atom. The predicted octanol–water partition coefficient (Wildman–Crippen LogP) is 3.05. The topological polar surface area (TPSA) is 85.1 Å². The molecule has 1 aliphatic heterocycles. The zero-order valence-electron chi connectivity index (χ0n) is 15.8. The molecule has 0 spiro atoms. The molecule has 4 rings (SSSR count). The maximum Gasteiger partial charge on any atom is 0.255 e. The molecule has 1 saturated heterocycles. The number of carbonyl (C=O) groups excluding carboxylic acids is 1. The van der Waals surface area contributed by atoms with Crippen molar-refractivity contribution in [3.63, 3.8) is 0 Å². The van der Waals surface area contributed by atoms with Gasteiger partial charge in [0.1, 0.15) is 5.82 Å². The number of aromatic nitrogens is 2. The number of rotatable bonds is 4. The summed E-state index contributed by atoms with van der Waals surface area (Å²) < 4.78 is 0. The average molecular weight is 384 g/mol. The Balaban J connectivity index is 1.42. The number of carbonyl (C=O) groups is 1. The Hall–Kier alpha value is -3.92. The van der Waals surface area contributed by atoms with Crippen LogP contribution >= 0.6 is 0 Å². The quantitative estimate of drug-likeness (QED) is 0.744. The Bertz CT molecular complexity index is 1040. The highest BCUT2D eigenvalue weighted by atomic mass is 16.2. The van der Waals surface area contributed by atoms with Crippen LogP contribution in [-0.2, 0) is 0 Å². The molecule has 1 amide bonds. The molecule has 29 heavy (non-hydrogen) atoms. The highest BCUT2D eigenvalue weighted by Gasteiger charge is 2.23. The molecule has 0 bridgehead atoms. The van der Waals surface area contributed by atoms with Gasteiger partial charge in [0, 0.05) is 44.3 Å². The lowest BCUT2D eigenvalue weighted by molar-refractivity contribution is 0.0746. The van der Waals surface area contributed by atoms with Crippen molar-refractivity contribution in [2.75, 3.05) is 36.4 Å². The van der Waals surface area contributed by atoms with Crippen LogP contribution in [0.25, 0.3) is 0 Å². The first-order chi connectivity index (χ1) is 14.2. The fourth-order valence-corrected chi connectivity index (χ4v) is 3.32. The Morgan fingerprint density at radius 3 is 2.62 bits per heavy atom. The number of nitrogens with zero attached hydrogens (tertiary/aromatic N) is 5. The van der Waals surface area contributed by atoms with Crippen LogP contribution in [0.2, 0.25) is 0 Å². The fourth-order valence-electron chi connectivity index (χ4n) is 3.32. The highest BCUT2D eigenvalue weighted by Crippen LogP contribution is 2.19. The standard InChI is InChI=1S/C22H20N6O/c23-14-17-4-3-5-19(12-17)26-20-13-18(15-24-16-20)22(29)28-10-8-27(9-11-28)21-6-1-2-7-25-21/h1-7,12-13,15-16,26H,8-11H2. The van der Waals surface area contributed by atoms with Gasteiger partial charge in [-0.15, -0.1) is 0 Å². The molecule has 0 unspecified atom stereocenters. The summed E-state index contributed by atoms with van der Waals surface area (Å²) in [5.41, 5.74) is 2.59. The van der Waals surface area contributed by atoms with Gasteiger partial charge in [0.05, 0.1) is 29.1 Å². The number of piperazine rings is 1. The van der Waals surface area contributed by atoms with Crippen molar-refractivity contribution < 1.29 is 4.79 Å². The summed E-state index contributed by atoms with van der Waals surface area (Å²) in [6.45, 7) is 2.76.